The summed E-state index contributed by atoms with van der Waals surface area (Å²) in [6.07, 6.45) is -0.0261. The minimum Gasteiger partial charge on any atom is -0.396 e. The summed E-state index contributed by atoms with van der Waals surface area (Å²) in [6, 6.07) is 0. The first-order valence-electron chi connectivity index (χ1n) is 3.38. The Labute approximate surface area is 59.3 Å². The molecule has 0 bridgehead atoms. The van der Waals surface area contributed by atoms with Crippen LogP contribution in [0.3, 0.4) is 0 Å². The van der Waals surface area contributed by atoms with Crippen LogP contribution in [0.25, 0.3) is 0 Å². The van der Waals surface area contributed by atoms with Crippen molar-refractivity contribution in [1.29, 1.82) is 0 Å². The molecule has 0 amide bonds. The molecule has 1 aliphatic carbocycles. The average Bonchev–Trinajstić information content (AvgIpc) is 2.10. The van der Waals surface area contributed by atoms with Gasteiger partial charge in [0.2, 0.25) is 0 Å². The Balaban J connectivity index is 2.58. The lowest BCUT2D eigenvalue weighted by molar-refractivity contribution is -0.0691. The molecule has 60 valence electrons. The Morgan fingerprint density at radius 2 is 2.20 bits per heavy atom. The molecule has 1 rings (SSSR count). The zero-order chi connectivity index (χ0) is 7.78. The van der Waals surface area contributed by atoms with Crippen molar-refractivity contribution in [3.8, 4) is 0 Å². The van der Waals surface area contributed by atoms with E-state index in [4.69, 9.17) is 10.8 Å². The molecule has 0 heterocycles. The van der Waals surface area contributed by atoms with Gasteiger partial charge in [0, 0.05) is 12.5 Å². The maximum atomic E-state index is 9.18. The number of aliphatic hydroxyl groups excluding tert-OH is 2. The number of nitrogens with two attached hydrogens (primary N) is 1. The maximum absolute atomic E-state index is 9.18. The van der Waals surface area contributed by atoms with Crippen LogP contribution in [0.1, 0.15) is 12.8 Å². The normalized spacial score (nSPS) is 48.0. The average molecular weight is 147 g/mol. The van der Waals surface area contributed by atoms with E-state index in [-0.39, 0.29) is 12.5 Å². The molecule has 0 aromatic rings. The number of aliphatic hydroxyl groups is 3. The van der Waals surface area contributed by atoms with E-state index in [0.717, 1.165) is 0 Å². The van der Waals surface area contributed by atoms with E-state index >= 15 is 0 Å². The van der Waals surface area contributed by atoms with Gasteiger partial charge in [0.1, 0.15) is 11.8 Å². The zero-order valence-electron chi connectivity index (χ0n) is 5.70. The lowest BCUT2D eigenvalue weighted by Crippen LogP contribution is -2.48. The number of hydrogen-bond acceptors (Lipinski definition) is 4. The largest absolute Gasteiger partial charge is 0.396 e. The molecule has 0 saturated heterocycles. The van der Waals surface area contributed by atoms with Gasteiger partial charge in [-0.25, -0.2) is 0 Å². The van der Waals surface area contributed by atoms with Crippen molar-refractivity contribution in [2.75, 3.05) is 6.61 Å². The Hall–Kier alpha value is -0.160. The van der Waals surface area contributed by atoms with E-state index in [1.807, 2.05) is 0 Å². The predicted molar refractivity (Wildman–Crippen MR) is 35.0 cm³/mol. The van der Waals surface area contributed by atoms with Gasteiger partial charge in [-0.15, -0.1) is 0 Å². The Morgan fingerprint density at radius 3 is 2.40 bits per heavy atom. The van der Waals surface area contributed by atoms with E-state index in [9.17, 15) is 10.2 Å². The minimum atomic E-state index is -1.48. The highest BCUT2D eigenvalue weighted by atomic mass is 16.4. The van der Waals surface area contributed by atoms with E-state index in [1.165, 1.54) is 0 Å². The Kier molecular flexibility index (Phi) is 1.96. The molecule has 4 heteroatoms. The van der Waals surface area contributed by atoms with Crippen LogP contribution in [0.4, 0.5) is 0 Å². The van der Waals surface area contributed by atoms with Gasteiger partial charge in [-0.05, 0) is 12.8 Å². The van der Waals surface area contributed by atoms with Gasteiger partial charge < -0.3 is 21.1 Å². The molecule has 0 aromatic carbocycles. The summed E-state index contributed by atoms with van der Waals surface area (Å²) < 4.78 is 0. The Morgan fingerprint density at radius 1 is 1.60 bits per heavy atom. The first-order chi connectivity index (χ1) is 4.58. The molecule has 5 N–H and O–H groups in total. The van der Waals surface area contributed by atoms with Gasteiger partial charge in [0.05, 0.1) is 0 Å². The van der Waals surface area contributed by atoms with E-state index in [1.54, 1.807) is 0 Å². The molecule has 1 fully saturated rings. The zero-order valence-corrected chi connectivity index (χ0v) is 5.70. The van der Waals surface area contributed by atoms with Crippen LogP contribution in [0.15, 0.2) is 0 Å². The van der Waals surface area contributed by atoms with Gasteiger partial charge >= 0.3 is 0 Å². The molecule has 0 spiro atoms. The lowest BCUT2D eigenvalue weighted by atomic mass is 10.1. The summed E-state index contributed by atoms with van der Waals surface area (Å²) in [5.41, 5.74) is 3.80. The fourth-order valence-corrected chi connectivity index (χ4v) is 1.32. The molecule has 0 radical (unpaired) electrons. The van der Waals surface area contributed by atoms with Crippen molar-refractivity contribution in [1.82, 2.24) is 0 Å². The summed E-state index contributed by atoms with van der Waals surface area (Å²) in [6.45, 7) is -0.110. The van der Waals surface area contributed by atoms with Crippen molar-refractivity contribution in [2.24, 2.45) is 11.7 Å². The first-order valence-corrected chi connectivity index (χ1v) is 3.38. The highest BCUT2D eigenvalue weighted by Crippen LogP contribution is 2.30. The van der Waals surface area contributed by atoms with E-state index in [0.29, 0.717) is 12.8 Å². The second kappa shape index (κ2) is 2.47. The minimum absolute atomic E-state index is 0.110. The third kappa shape index (κ3) is 1.15. The van der Waals surface area contributed by atoms with Gasteiger partial charge in [0.25, 0.3) is 0 Å². The summed E-state index contributed by atoms with van der Waals surface area (Å²) in [4.78, 5) is 0. The molecule has 0 aromatic heterocycles. The Bertz CT molecular complexity index is 126. The van der Waals surface area contributed by atoms with Crippen LogP contribution in [0, 0.1) is 5.92 Å². The molecule has 4 nitrogen and oxygen atoms in total. The second-order valence-corrected chi connectivity index (χ2v) is 2.92. The fraction of sp³-hybridized carbons (Fsp3) is 1.00. The van der Waals surface area contributed by atoms with Crippen LogP contribution in [0.2, 0.25) is 0 Å². The molecule has 3 atom stereocenters. The van der Waals surface area contributed by atoms with E-state index in [2.05, 4.69) is 0 Å². The molecular weight excluding hydrogens is 134 g/mol. The van der Waals surface area contributed by atoms with Gasteiger partial charge in [-0.3, -0.25) is 0 Å². The third-order valence-corrected chi connectivity index (χ3v) is 2.11. The third-order valence-electron chi connectivity index (χ3n) is 2.11. The fourth-order valence-electron chi connectivity index (χ4n) is 1.32. The molecule has 1 saturated carbocycles. The molecule has 1 aliphatic rings. The van der Waals surface area contributed by atoms with Crippen LogP contribution in [-0.2, 0) is 0 Å². The predicted octanol–water partition coefficient (Wildman–Crippen LogP) is -1.60. The lowest BCUT2D eigenvalue weighted by Gasteiger charge is -2.22. The van der Waals surface area contributed by atoms with Crippen molar-refractivity contribution in [2.45, 2.75) is 24.7 Å². The van der Waals surface area contributed by atoms with Gasteiger partial charge in [-0.2, -0.15) is 0 Å². The van der Waals surface area contributed by atoms with Crippen LogP contribution in [0.5, 0.6) is 0 Å². The number of rotatable bonds is 1. The monoisotopic (exact) mass is 147 g/mol. The molecular formula is C6H13NO3. The molecule has 3 unspecified atom stereocenters. The summed E-state index contributed by atoms with van der Waals surface area (Å²) in [5.74, 6) is -0.255. The summed E-state index contributed by atoms with van der Waals surface area (Å²) >= 11 is 0. The quantitative estimate of drug-likeness (QED) is 0.336. The highest BCUT2D eigenvalue weighted by Gasteiger charge is 2.42. The van der Waals surface area contributed by atoms with Crippen LogP contribution < -0.4 is 5.73 Å². The van der Waals surface area contributed by atoms with Crippen LogP contribution >= 0.6 is 0 Å². The molecule has 0 aliphatic heterocycles. The summed E-state index contributed by atoms with van der Waals surface area (Å²) in [7, 11) is 0. The van der Waals surface area contributed by atoms with Crippen molar-refractivity contribution in [3.63, 3.8) is 0 Å². The van der Waals surface area contributed by atoms with Crippen molar-refractivity contribution in [3.05, 3.63) is 0 Å². The van der Waals surface area contributed by atoms with Gasteiger partial charge in [-0.1, -0.05) is 0 Å². The maximum Gasteiger partial charge on any atom is 0.140 e. The number of hydrogen-bond donors (Lipinski definition) is 4. The van der Waals surface area contributed by atoms with Crippen LogP contribution in [-0.4, -0.2) is 33.8 Å². The molecule has 10 heavy (non-hydrogen) atoms. The van der Waals surface area contributed by atoms with Crippen molar-refractivity contribution < 1.29 is 15.3 Å². The smallest absolute Gasteiger partial charge is 0.140 e. The van der Waals surface area contributed by atoms with Crippen molar-refractivity contribution >= 4 is 0 Å². The topological polar surface area (TPSA) is 86.7 Å². The second-order valence-electron chi connectivity index (χ2n) is 2.92. The van der Waals surface area contributed by atoms with E-state index < -0.39 is 11.8 Å². The SMILES string of the molecule is NC1(O)CCC(CO)C1O. The highest BCUT2D eigenvalue weighted by molar-refractivity contribution is 4.92. The van der Waals surface area contributed by atoms with Gasteiger partial charge in [0.15, 0.2) is 0 Å². The summed E-state index contributed by atoms with van der Waals surface area (Å²) in [5, 5.41) is 27.0. The first kappa shape index (κ1) is 7.94. The standard InChI is InChI=1S/C6H13NO3/c7-6(10)2-1-4(3-8)5(6)9/h4-5,8-10H,1-3,7H2.